The zero-order chi connectivity index (χ0) is 22.9. The van der Waals surface area contributed by atoms with Crippen LogP contribution < -0.4 is 0 Å². The molecule has 1 atom stereocenters. The minimum absolute atomic E-state index is 0.0348. The lowest BCUT2D eigenvalue weighted by Gasteiger charge is -2.50. The van der Waals surface area contributed by atoms with Gasteiger partial charge in [0.25, 0.3) is 0 Å². The summed E-state index contributed by atoms with van der Waals surface area (Å²) < 4.78 is 19.2. The number of pyridine rings is 1. The summed E-state index contributed by atoms with van der Waals surface area (Å²) in [5.74, 6) is -0.481. The molecule has 2 aromatic carbocycles. The molecule has 1 aromatic heterocycles. The Hall–Kier alpha value is -3.18. The topological polar surface area (TPSA) is 42.4 Å². The van der Waals surface area contributed by atoms with Gasteiger partial charge in [0.2, 0.25) is 0 Å². The molecule has 0 unspecified atom stereocenters. The minimum Gasteiger partial charge on any atom is -0.445 e. The van der Waals surface area contributed by atoms with Crippen LogP contribution >= 0.6 is 11.6 Å². The average molecular weight is 451 g/mol. The van der Waals surface area contributed by atoms with Crippen LogP contribution in [0.4, 0.5) is 9.18 Å². The predicted molar refractivity (Wildman–Crippen MR) is 125 cm³/mol. The molecule has 1 fully saturated rings. The van der Waals surface area contributed by atoms with Gasteiger partial charge in [0.1, 0.15) is 12.4 Å². The van der Waals surface area contributed by atoms with E-state index >= 15 is 0 Å². The van der Waals surface area contributed by atoms with Crippen LogP contribution in [0.3, 0.4) is 0 Å². The van der Waals surface area contributed by atoms with Crippen molar-refractivity contribution < 1.29 is 13.9 Å². The van der Waals surface area contributed by atoms with E-state index in [1.54, 1.807) is 17.0 Å². The van der Waals surface area contributed by atoms with Crippen LogP contribution in [0.2, 0.25) is 5.02 Å². The molecular formula is C26H24ClFN2O2. The molecule has 2 heterocycles. The largest absolute Gasteiger partial charge is 0.445 e. The number of nitrogens with zero attached hydrogens (tertiary/aromatic N) is 2. The maximum Gasteiger partial charge on any atom is 0.410 e. The van der Waals surface area contributed by atoms with Crippen LogP contribution in [0.5, 0.6) is 0 Å². The molecular weight excluding hydrogens is 427 g/mol. The van der Waals surface area contributed by atoms with Crippen LogP contribution in [-0.2, 0) is 16.9 Å². The Morgan fingerprint density at radius 1 is 1.22 bits per heavy atom. The van der Waals surface area contributed by atoms with E-state index in [-0.39, 0.29) is 17.7 Å². The molecule has 0 spiro atoms. The summed E-state index contributed by atoms with van der Waals surface area (Å²) >= 11 is 5.99. The number of hydrogen-bond donors (Lipinski definition) is 0. The molecule has 3 aromatic rings. The van der Waals surface area contributed by atoms with Gasteiger partial charge in [0, 0.05) is 12.1 Å². The van der Waals surface area contributed by atoms with Crippen LogP contribution in [0.1, 0.15) is 37.1 Å². The first-order chi connectivity index (χ1) is 15.3. The molecule has 0 N–H and O–H groups in total. The lowest BCUT2D eigenvalue weighted by Crippen LogP contribution is -2.58. The van der Waals surface area contributed by atoms with E-state index in [4.69, 9.17) is 16.3 Å². The van der Waals surface area contributed by atoms with Crippen LogP contribution in [0.25, 0.3) is 16.8 Å². The first-order valence-corrected chi connectivity index (χ1v) is 10.8. The molecule has 0 bridgehead atoms. The fourth-order valence-corrected chi connectivity index (χ4v) is 3.99. The fraction of sp³-hybridized carbons (Fsp3) is 0.231. The highest BCUT2D eigenvalue weighted by atomic mass is 35.5. The highest BCUT2D eigenvalue weighted by Gasteiger charge is 2.46. The predicted octanol–water partition coefficient (Wildman–Crippen LogP) is 6.83. The zero-order valence-corrected chi connectivity index (χ0v) is 18.8. The molecule has 1 aliphatic rings. The Balaban J connectivity index is 1.63. The summed E-state index contributed by atoms with van der Waals surface area (Å²) in [7, 11) is 0. The molecule has 0 saturated carbocycles. The second-order valence-electron chi connectivity index (χ2n) is 8.25. The molecule has 0 aliphatic carbocycles. The first kappa shape index (κ1) is 22.0. The summed E-state index contributed by atoms with van der Waals surface area (Å²) in [6.07, 6.45) is 0.430. The summed E-state index contributed by atoms with van der Waals surface area (Å²) in [5, 5.41) is 0.0348. The Labute approximate surface area is 192 Å². The van der Waals surface area contributed by atoms with Crippen LogP contribution in [0.15, 0.2) is 67.2 Å². The quantitative estimate of drug-likeness (QED) is 0.427. The van der Waals surface area contributed by atoms with Crippen molar-refractivity contribution in [3.05, 3.63) is 94.9 Å². The smallest absolute Gasteiger partial charge is 0.410 e. The monoisotopic (exact) mass is 450 g/mol. The number of rotatable bonds is 5. The first-order valence-electron chi connectivity index (χ1n) is 10.4. The van der Waals surface area contributed by atoms with Crippen molar-refractivity contribution in [3.8, 4) is 11.3 Å². The second-order valence-corrected chi connectivity index (χ2v) is 8.66. The van der Waals surface area contributed by atoms with Gasteiger partial charge in [-0.1, -0.05) is 48.5 Å². The summed E-state index contributed by atoms with van der Waals surface area (Å²) in [6.45, 7) is 8.74. The van der Waals surface area contributed by atoms with Crippen molar-refractivity contribution >= 4 is 23.3 Å². The normalized spacial score (nSPS) is 17.6. The second kappa shape index (κ2) is 8.75. The molecule has 32 heavy (non-hydrogen) atoms. The fourth-order valence-electron chi connectivity index (χ4n) is 3.81. The van der Waals surface area contributed by atoms with Crippen LogP contribution in [0, 0.1) is 5.82 Å². The van der Waals surface area contributed by atoms with Gasteiger partial charge >= 0.3 is 6.09 Å². The number of aromatic nitrogens is 1. The van der Waals surface area contributed by atoms with E-state index in [9.17, 15) is 9.18 Å². The molecule has 164 valence electrons. The van der Waals surface area contributed by atoms with E-state index in [0.717, 1.165) is 23.1 Å². The van der Waals surface area contributed by atoms with Crippen molar-refractivity contribution in [2.24, 2.45) is 0 Å². The lowest BCUT2D eigenvalue weighted by atomic mass is 9.79. The van der Waals surface area contributed by atoms with Gasteiger partial charge in [0.05, 0.1) is 21.9 Å². The molecule has 4 nitrogen and oxygen atoms in total. The van der Waals surface area contributed by atoms with E-state index in [2.05, 4.69) is 11.6 Å². The SMILES string of the molecule is C=C(C)c1cc([C@]2(C)CCN2C(=O)OCc2ccccc2)cc(-c2ccc(F)c(Cl)c2)n1. The molecule has 1 saturated heterocycles. The minimum atomic E-state index is -0.542. The van der Waals surface area contributed by atoms with Gasteiger partial charge in [-0.25, -0.2) is 14.2 Å². The van der Waals surface area contributed by atoms with Gasteiger partial charge in [-0.05, 0) is 67.3 Å². The van der Waals surface area contributed by atoms with Gasteiger partial charge in [-0.15, -0.1) is 0 Å². The summed E-state index contributed by atoms with van der Waals surface area (Å²) in [6, 6.07) is 18.0. The number of halogens is 2. The number of carbonyl (C=O) groups excluding carboxylic acids is 1. The highest BCUT2D eigenvalue weighted by molar-refractivity contribution is 6.31. The Kier molecular flexibility index (Phi) is 6.02. The number of likely N-dealkylation sites (tertiary alicyclic amines) is 1. The molecule has 1 aliphatic heterocycles. The zero-order valence-electron chi connectivity index (χ0n) is 18.1. The Bertz CT molecular complexity index is 1180. The Morgan fingerprint density at radius 3 is 2.59 bits per heavy atom. The van der Waals surface area contributed by atoms with Crippen molar-refractivity contribution in [3.63, 3.8) is 0 Å². The third-order valence-corrected chi connectivity index (χ3v) is 6.23. The van der Waals surface area contributed by atoms with E-state index in [0.29, 0.717) is 23.5 Å². The molecule has 4 rings (SSSR count). The van der Waals surface area contributed by atoms with Crippen molar-refractivity contribution in [2.45, 2.75) is 32.4 Å². The van der Waals surface area contributed by atoms with Gasteiger partial charge < -0.3 is 4.74 Å². The molecule has 0 radical (unpaired) electrons. The maximum atomic E-state index is 13.7. The number of benzene rings is 2. The summed E-state index contributed by atoms with van der Waals surface area (Å²) in [4.78, 5) is 19.3. The molecule has 1 amide bonds. The van der Waals surface area contributed by atoms with Crippen molar-refractivity contribution in [1.82, 2.24) is 9.88 Å². The lowest BCUT2D eigenvalue weighted by molar-refractivity contribution is -0.00980. The maximum absolute atomic E-state index is 13.7. The molecule has 6 heteroatoms. The average Bonchev–Trinajstić information content (AvgIpc) is 2.78. The van der Waals surface area contributed by atoms with Gasteiger partial charge in [0.15, 0.2) is 0 Å². The number of allylic oxidation sites excluding steroid dienone is 1. The summed E-state index contributed by atoms with van der Waals surface area (Å²) in [5.41, 5.74) is 4.16. The van der Waals surface area contributed by atoms with Gasteiger partial charge in [-0.2, -0.15) is 0 Å². The van der Waals surface area contributed by atoms with Gasteiger partial charge in [-0.3, -0.25) is 4.90 Å². The van der Waals surface area contributed by atoms with E-state index in [1.165, 1.54) is 6.07 Å². The highest BCUT2D eigenvalue weighted by Crippen LogP contribution is 2.42. The number of amides is 1. The number of ether oxygens (including phenoxy) is 1. The Morgan fingerprint density at radius 2 is 1.97 bits per heavy atom. The van der Waals surface area contributed by atoms with Crippen molar-refractivity contribution in [2.75, 3.05) is 6.54 Å². The van der Waals surface area contributed by atoms with E-state index in [1.807, 2.05) is 56.3 Å². The van der Waals surface area contributed by atoms with Crippen molar-refractivity contribution in [1.29, 1.82) is 0 Å². The standard InChI is InChI=1S/C26H24ClFN2O2/c1-17(2)23-14-20(15-24(29-23)19-9-10-22(28)21(27)13-19)26(3)11-12-30(26)25(31)32-16-18-7-5-4-6-8-18/h4-10,13-15H,1,11-12,16H2,2-3H3/t26-/m0/s1. The number of carbonyl (C=O) groups is 1. The third kappa shape index (κ3) is 4.26. The van der Waals surface area contributed by atoms with E-state index < -0.39 is 11.4 Å². The number of hydrogen-bond acceptors (Lipinski definition) is 3. The third-order valence-electron chi connectivity index (χ3n) is 5.94. The van der Waals surface area contributed by atoms with Crippen LogP contribution in [-0.4, -0.2) is 22.5 Å².